The van der Waals surface area contributed by atoms with Crippen LogP contribution < -0.4 is 5.32 Å². The maximum Gasteiger partial charge on any atom is 0.222 e. The van der Waals surface area contributed by atoms with Crippen LogP contribution >= 0.6 is 0 Å². The smallest absolute Gasteiger partial charge is 0.222 e. The predicted molar refractivity (Wildman–Crippen MR) is 62.0 cm³/mol. The van der Waals surface area contributed by atoms with Crippen LogP contribution in [-0.2, 0) is 4.79 Å². The maximum atomic E-state index is 11.9. The molecule has 2 heterocycles. The molecular weight excluding hydrogens is 204 g/mol. The van der Waals surface area contributed by atoms with Crippen molar-refractivity contribution in [3.05, 3.63) is 0 Å². The summed E-state index contributed by atoms with van der Waals surface area (Å²) in [4.78, 5) is 13.8. The number of rotatable bonds is 4. The van der Waals surface area contributed by atoms with E-state index < -0.39 is 0 Å². The first-order valence-electron chi connectivity index (χ1n) is 6.39. The van der Waals surface area contributed by atoms with E-state index in [2.05, 4.69) is 5.32 Å². The average Bonchev–Trinajstić information content (AvgIpc) is 2.96. The lowest BCUT2D eigenvalue weighted by molar-refractivity contribution is -0.130. The Balaban J connectivity index is 1.67. The largest absolute Gasteiger partial charge is 0.396 e. The minimum absolute atomic E-state index is 0.219. The normalized spacial score (nSPS) is 29.9. The third-order valence-corrected chi connectivity index (χ3v) is 3.83. The van der Waals surface area contributed by atoms with Gasteiger partial charge in [-0.3, -0.25) is 4.79 Å². The van der Waals surface area contributed by atoms with Crippen LogP contribution in [0, 0.1) is 11.8 Å². The van der Waals surface area contributed by atoms with Crippen LogP contribution in [0.2, 0.25) is 0 Å². The van der Waals surface area contributed by atoms with Crippen molar-refractivity contribution in [3.63, 3.8) is 0 Å². The fourth-order valence-corrected chi connectivity index (χ4v) is 2.65. The highest BCUT2D eigenvalue weighted by molar-refractivity contribution is 5.76. The molecule has 4 heteroatoms. The molecule has 2 saturated heterocycles. The quantitative estimate of drug-likeness (QED) is 0.721. The van der Waals surface area contributed by atoms with E-state index in [0.717, 1.165) is 39.0 Å². The zero-order valence-corrected chi connectivity index (χ0v) is 9.82. The Morgan fingerprint density at radius 1 is 1.38 bits per heavy atom. The second-order valence-electron chi connectivity index (χ2n) is 5.07. The van der Waals surface area contributed by atoms with E-state index in [9.17, 15) is 4.79 Å². The molecule has 2 N–H and O–H groups in total. The average molecular weight is 226 g/mol. The molecule has 0 saturated carbocycles. The number of hydrogen-bond donors (Lipinski definition) is 2. The highest BCUT2D eigenvalue weighted by Crippen LogP contribution is 2.19. The van der Waals surface area contributed by atoms with Crippen LogP contribution in [0.4, 0.5) is 0 Å². The maximum absolute atomic E-state index is 11.9. The van der Waals surface area contributed by atoms with Crippen molar-refractivity contribution in [2.24, 2.45) is 11.8 Å². The molecule has 2 unspecified atom stereocenters. The Morgan fingerprint density at radius 2 is 2.25 bits per heavy atom. The summed E-state index contributed by atoms with van der Waals surface area (Å²) in [6, 6.07) is 0. The van der Waals surface area contributed by atoms with Crippen molar-refractivity contribution in [3.8, 4) is 0 Å². The van der Waals surface area contributed by atoms with Crippen molar-refractivity contribution in [2.75, 3.05) is 32.8 Å². The van der Waals surface area contributed by atoms with Gasteiger partial charge in [0.2, 0.25) is 5.91 Å². The van der Waals surface area contributed by atoms with E-state index in [0.29, 0.717) is 18.3 Å². The lowest BCUT2D eigenvalue weighted by Gasteiger charge is -2.17. The zero-order valence-electron chi connectivity index (χ0n) is 9.82. The highest BCUT2D eigenvalue weighted by Gasteiger charge is 2.26. The van der Waals surface area contributed by atoms with Crippen molar-refractivity contribution >= 4 is 5.91 Å². The number of aliphatic hydroxyl groups excluding tert-OH is 1. The van der Waals surface area contributed by atoms with E-state index >= 15 is 0 Å². The predicted octanol–water partition coefficient (Wildman–Crippen LogP) is 0.217. The van der Waals surface area contributed by atoms with Crippen LogP contribution in [0.3, 0.4) is 0 Å². The van der Waals surface area contributed by atoms with Crippen LogP contribution in [0.15, 0.2) is 0 Å². The van der Waals surface area contributed by atoms with E-state index in [1.54, 1.807) is 0 Å². The molecule has 2 fully saturated rings. The Morgan fingerprint density at radius 3 is 2.88 bits per heavy atom. The third-order valence-electron chi connectivity index (χ3n) is 3.83. The summed E-state index contributed by atoms with van der Waals surface area (Å²) in [6.45, 7) is 4.00. The Hall–Kier alpha value is -0.610. The van der Waals surface area contributed by atoms with Gasteiger partial charge in [0.15, 0.2) is 0 Å². The summed E-state index contributed by atoms with van der Waals surface area (Å²) in [5.41, 5.74) is 0. The molecule has 0 bridgehead atoms. The molecule has 16 heavy (non-hydrogen) atoms. The molecule has 1 amide bonds. The molecule has 0 aromatic rings. The molecule has 0 radical (unpaired) electrons. The van der Waals surface area contributed by atoms with Gasteiger partial charge in [-0.1, -0.05) is 0 Å². The summed E-state index contributed by atoms with van der Waals surface area (Å²) in [6.07, 6.45) is 3.89. The highest BCUT2D eigenvalue weighted by atomic mass is 16.3. The van der Waals surface area contributed by atoms with Crippen molar-refractivity contribution in [2.45, 2.75) is 25.7 Å². The summed E-state index contributed by atoms with van der Waals surface area (Å²) in [5.74, 6) is 1.29. The number of hydrogen-bond acceptors (Lipinski definition) is 3. The van der Waals surface area contributed by atoms with Gasteiger partial charge in [0, 0.05) is 32.0 Å². The van der Waals surface area contributed by atoms with Crippen molar-refractivity contribution < 1.29 is 9.90 Å². The van der Waals surface area contributed by atoms with Gasteiger partial charge in [0.25, 0.3) is 0 Å². The van der Waals surface area contributed by atoms with Gasteiger partial charge in [-0.05, 0) is 38.3 Å². The fraction of sp³-hybridized carbons (Fsp3) is 0.917. The Kier molecular flexibility index (Phi) is 4.18. The van der Waals surface area contributed by atoms with Gasteiger partial charge < -0.3 is 15.3 Å². The minimum atomic E-state index is 0.219. The molecule has 92 valence electrons. The second kappa shape index (κ2) is 5.64. The van der Waals surface area contributed by atoms with Gasteiger partial charge in [-0.15, -0.1) is 0 Å². The first kappa shape index (κ1) is 11.9. The summed E-state index contributed by atoms with van der Waals surface area (Å²) in [7, 11) is 0. The summed E-state index contributed by atoms with van der Waals surface area (Å²) >= 11 is 0. The molecule has 0 spiro atoms. The summed E-state index contributed by atoms with van der Waals surface area (Å²) < 4.78 is 0. The lowest BCUT2D eigenvalue weighted by Crippen LogP contribution is -2.29. The van der Waals surface area contributed by atoms with E-state index in [1.807, 2.05) is 4.90 Å². The van der Waals surface area contributed by atoms with Gasteiger partial charge in [0.1, 0.15) is 0 Å². The topological polar surface area (TPSA) is 52.6 Å². The molecule has 2 aliphatic heterocycles. The number of amides is 1. The van der Waals surface area contributed by atoms with Gasteiger partial charge in [-0.2, -0.15) is 0 Å². The van der Waals surface area contributed by atoms with Gasteiger partial charge >= 0.3 is 0 Å². The number of nitrogens with one attached hydrogen (secondary N) is 1. The Bertz CT molecular complexity index is 239. The van der Waals surface area contributed by atoms with E-state index in [-0.39, 0.29) is 12.5 Å². The zero-order chi connectivity index (χ0) is 11.4. The van der Waals surface area contributed by atoms with Gasteiger partial charge in [-0.25, -0.2) is 0 Å². The van der Waals surface area contributed by atoms with E-state index in [4.69, 9.17) is 5.11 Å². The molecular formula is C12H22N2O2. The molecule has 0 aliphatic carbocycles. The fourth-order valence-electron chi connectivity index (χ4n) is 2.65. The SMILES string of the molecule is O=C(CCC1CCNC1)N1CCC(CO)C1. The van der Waals surface area contributed by atoms with Crippen LogP contribution in [-0.4, -0.2) is 48.7 Å². The second-order valence-corrected chi connectivity index (χ2v) is 5.07. The van der Waals surface area contributed by atoms with E-state index in [1.165, 1.54) is 6.42 Å². The van der Waals surface area contributed by atoms with Crippen LogP contribution in [0.25, 0.3) is 0 Å². The summed E-state index contributed by atoms with van der Waals surface area (Å²) in [5, 5.41) is 12.3. The molecule has 0 aromatic heterocycles. The van der Waals surface area contributed by atoms with Crippen LogP contribution in [0.5, 0.6) is 0 Å². The number of carbonyl (C=O) groups is 1. The Labute approximate surface area is 97.0 Å². The van der Waals surface area contributed by atoms with Crippen molar-refractivity contribution in [1.29, 1.82) is 0 Å². The minimum Gasteiger partial charge on any atom is -0.396 e. The number of nitrogens with zero attached hydrogens (tertiary/aromatic N) is 1. The number of likely N-dealkylation sites (tertiary alicyclic amines) is 1. The monoisotopic (exact) mass is 226 g/mol. The number of aliphatic hydroxyl groups is 1. The number of carbonyl (C=O) groups excluding carboxylic acids is 1. The molecule has 2 rings (SSSR count). The first-order chi connectivity index (χ1) is 7.79. The third kappa shape index (κ3) is 2.95. The van der Waals surface area contributed by atoms with Crippen molar-refractivity contribution in [1.82, 2.24) is 10.2 Å². The standard InChI is InChI=1S/C12H22N2O2/c15-9-11-4-6-14(8-11)12(16)2-1-10-3-5-13-7-10/h10-11,13,15H,1-9H2. The molecule has 2 atom stereocenters. The lowest BCUT2D eigenvalue weighted by atomic mass is 10.0. The van der Waals surface area contributed by atoms with Gasteiger partial charge in [0.05, 0.1) is 0 Å². The van der Waals surface area contributed by atoms with Crippen LogP contribution in [0.1, 0.15) is 25.7 Å². The molecule has 4 nitrogen and oxygen atoms in total. The molecule has 2 aliphatic rings. The molecule has 0 aromatic carbocycles. The first-order valence-corrected chi connectivity index (χ1v) is 6.39.